The minimum absolute atomic E-state index is 0.0702. The molecule has 2 N–H and O–H groups in total. The highest BCUT2D eigenvalue weighted by molar-refractivity contribution is 7.85. The van der Waals surface area contributed by atoms with E-state index in [1.165, 1.54) is 5.56 Å². The zero-order valence-electron chi connectivity index (χ0n) is 16.4. The van der Waals surface area contributed by atoms with Gasteiger partial charge in [0.15, 0.2) is 0 Å². The molecule has 2 fully saturated rings. The van der Waals surface area contributed by atoms with Crippen molar-refractivity contribution in [3.05, 3.63) is 35.5 Å². The summed E-state index contributed by atoms with van der Waals surface area (Å²) in [5.41, 5.74) is 2.73. The van der Waals surface area contributed by atoms with E-state index in [-0.39, 0.29) is 12.1 Å². The van der Waals surface area contributed by atoms with Crippen LogP contribution in [0, 0.1) is 0 Å². The van der Waals surface area contributed by atoms with E-state index in [4.69, 9.17) is 17.8 Å². The number of nitrogens with zero attached hydrogens (tertiary/aromatic N) is 3. The summed E-state index contributed by atoms with van der Waals surface area (Å²) < 4.78 is 12.5. The highest BCUT2D eigenvalue weighted by Crippen LogP contribution is 2.41. The lowest BCUT2D eigenvalue weighted by Crippen LogP contribution is -2.35. The average Bonchev–Trinajstić information content (AvgIpc) is 3.42. The SMILES string of the molecule is [B]c1ccc(C2CCN(c3nc4c(c(NC5(CO)CC5)n3)S(=O)CC4)CC2)cc1. The molecule has 0 amide bonds. The van der Waals surface area contributed by atoms with Crippen LogP contribution < -0.4 is 15.7 Å². The highest BCUT2D eigenvalue weighted by atomic mass is 32.2. The first-order valence-corrected chi connectivity index (χ1v) is 11.7. The molecule has 0 bridgehead atoms. The van der Waals surface area contributed by atoms with Gasteiger partial charge in [-0.15, -0.1) is 0 Å². The molecule has 3 aliphatic rings. The molecule has 2 aromatic rings. The number of anilines is 2. The Kier molecular flexibility index (Phi) is 4.86. The van der Waals surface area contributed by atoms with Gasteiger partial charge in [0.05, 0.1) is 28.6 Å². The monoisotopic (exact) mass is 408 g/mol. The first-order chi connectivity index (χ1) is 14.1. The van der Waals surface area contributed by atoms with E-state index in [9.17, 15) is 9.32 Å². The average molecular weight is 408 g/mol. The maximum atomic E-state index is 12.5. The fourth-order valence-electron chi connectivity index (χ4n) is 4.32. The predicted molar refractivity (Wildman–Crippen MR) is 116 cm³/mol. The summed E-state index contributed by atoms with van der Waals surface area (Å²) in [6.07, 6.45) is 4.63. The van der Waals surface area contributed by atoms with E-state index < -0.39 is 10.8 Å². The molecule has 1 aliphatic carbocycles. The third kappa shape index (κ3) is 3.68. The maximum absolute atomic E-state index is 12.5. The predicted octanol–water partition coefficient (Wildman–Crippen LogP) is 1.25. The molecule has 0 spiro atoms. The Morgan fingerprint density at radius 2 is 1.93 bits per heavy atom. The number of aliphatic hydroxyl groups excluding tert-OH is 1. The third-order valence-corrected chi connectivity index (χ3v) is 7.86. The highest BCUT2D eigenvalue weighted by Gasteiger charge is 2.44. The molecule has 2 aliphatic heterocycles. The van der Waals surface area contributed by atoms with Crippen molar-refractivity contribution in [2.75, 3.05) is 35.7 Å². The number of hydrogen-bond acceptors (Lipinski definition) is 6. The van der Waals surface area contributed by atoms with Crippen molar-refractivity contribution in [1.29, 1.82) is 0 Å². The zero-order chi connectivity index (χ0) is 20.0. The smallest absolute Gasteiger partial charge is 0.227 e. The van der Waals surface area contributed by atoms with Crippen LogP contribution in [0.3, 0.4) is 0 Å². The topological polar surface area (TPSA) is 78.3 Å². The van der Waals surface area contributed by atoms with Crippen molar-refractivity contribution in [1.82, 2.24) is 9.97 Å². The van der Waals surface area contributed by atoms with Gasteiger partial charge in [-0.2, -0.15) is 4.98 Å². The van der Waals surface area contributed by atoms with E-state index in [1.54, 1.807) is 0 Å². The fraction of sp³-hybridized carbons (Fsp3) is 0.524. The van der Waals surface area contributed by atoms with Crippen molar-refractivity contribution in [3.8, 4) is 0 Å². The van der Waals surface area contributed by atoms with Gasteiger partial charge in [-0.25, -0.2) is 4.98 Å². The summed E-state index contributed by atoms with van der Waals surface area (Å²) in [7, 11) is 4.75. The molecule has 5 rings (SSSR count). The molecule has 1 atom stereocenters. The van der Waals surface area contributed by atoms with Gasteiger partial charge >= 0.3 is 0 Å². The van der Waals surface area contributed by atoms with Gasteiger partial charge in [0, 0.05) is 25.3 Å². The summed E-state index contributed by atoms with van der Waals surface area (Å²) in [4.78, 5) is 12.5. The van der Waals surface area contributed by atoms with Crippen molar-refractivity contribution < 1.29 is 9.32 Å². The van der Waals surface area contributed by atoms with Crippen LogP contribution in [0.15, 0.2) is 29.2 Å². The minimum atomic E-state index is -1.06. The molecule has 29 heavy (non-hydrogen) atoms. The van der Waals surface area contributed by atoms with Crippen LogP contribution in [-0.4, -0.2) is 58.1 Å². The number of aryl methyl sites for hydroxylation is 1. The molecule has 6 nitrogen and oxygen atoms in total. The Morgan fingerprint density at radius 3 is 2.59 bits per heavy atom. The number of fused-ring (bicyclic) bond motifs is 1. The molecule has 150 valence electrons. The summed E-state index contributed by atoms with van der Waals surface area (Å²) in [6, 6.07) is 8.20. The summed E-state index contributed by atoms with van der Waals surface area (Å²) >= 11 is 0. The van der Waals surface area contributed by atoms with Crippen LogP contribution in [-0.2, 0) is 17.2 Å². The van der Waals surface area contributed by atoms with E-state index in [2.05, 4.69) is 22.3 Å². The van der Waals surface area contributed by atoms with Gasteiger partial charge in [0.1, 0.15) is 18.6 Å². The van der Waals surface area contributed by atoms with Gasteiger partial charge in [-0.05, 0) is 37.2 Å². The van der Waals surface area contributed by atoms with Gasteiger partial charge in [-0.1, -0.05) is 29.7 Å². The standard InChI is InChI=1S/C21H25BN4O2S/c22-16-3-1-14(2-4-16)15-5-10-26(11-6-15)20-23-17-7-12-29(28)18(17)19(24-20)25-21(13-27)8-9-21/h1-4,15,27H,5-13H2,(H,23,24,25). The maximum Gasteiger partial charge on any atom is 0.227 e. The molecule has 8 heteroatoms. The van der Waals surface area contributed by atoms with Crippen molar-refractivity contribution in [2.24, 2.45) is 0 Å². The Morgan fingerprint density at radius 1 is 1.21 bits per heavy atom. The van der Waals surface area contributed by atoms with E-state index in [0.717, 1.165) is 67.2 Å². The summed E-state index contributed by atoms with van der Waals surface area (Å²) in [5.74, 6) is 2.51. The molecule has 1 aromatic heterocycles. The van der Waals surface area contributed by atoms with E-state index >= 15 is 0 Å². The van der Waals surface area contributed by atoms with Gasteiger partial charge in [-0.3, -0.25) is 4.21 Å². The number of hydrogen-bond donors (Lipinski definition) is 2. The molecular formula is C21H25BN4O2S. The number of benzene rings is 1. The second kappa shape index (κ2) is 7.40. The minimum Gasteiger partial charge on any atom is -0.394 e. The normalized spacial score (nSPS) is 23.1. The van der Waals surface area contributed by atoms with Crippen molar-refractivity contribution >= 4 is 35.9 Å². The fourth-order valence-corrected chi connectivity index (χ4v) is 5.62. The number of piperidine rings is 1. The lowest BCUT2D eigenvalue weighted by molar-refractivity contribution is 0.265. The largest absolute Gasteiger partial charge is 0.394 e. The van der Waals surface area contributed by atoms with E-state index in [0.29, 0.717) is 17.5 Å². The zero-order valence-corrected chi connectivity index (χ0v) is 17.2. The molecule has 3 heterocycles. The lowest BCUT2D eigenvalue weighted by atomic mass is 9.87. The molecule has 2 radical (unpaired) electrons. The number of aliphatic hydroxyl groups is 1. The van der Waals surface area contributed by atoms with Crippen LogP contribution in [0.5, 0.6) is 0 Å². The van der Waals surface area contributed by atoms with Crippen LogP contribution >= 0.6 is 0 Å². The van der Waals surface area contributed by atoms with E-state index in [1.807, 2.05) is 12.1 Å². The second-order valence-electron chi connectivity index (χ2n) is 8.44. The van der Waals surface area contributed by atoms with Crippen LogP contribution in [0.2, 0.25) is 0 Å². The van der Waals surface area contributed by atoms with Gasteiger partial charge in [0.25, 0.3) is 0 Å². The molecular weight excluding hydrogens is 383 g/mol. The summed E-state index contributed by atoms with van der Waals surface area (Å²) in [5, 5.41) is 13.1. The lowest BCUT2D eigenvalue weighted by Gasteiger charge is -2.33. The van der Waals surface area contributed by atoms with Crippen LogP contribution in [0.1, 0.15) is 42.9 Å². The van der Waals surface area contributed by atoms with Crippen LogP contribution in [0.4, 0.5) is 11.8 Å². The third-order valence-electron chi connectivity index (χ3n) is 6.40. The summed E-state index contributed by atoms with van der Waals surface area (Å²) in [6.45, 7) is 1.85. The van der Waals surface area contributed by atoms with Crippen molar-refractivity contribution in [2.45, 2.75) is 48.5 Å². The Balaban J connectivity index is 1.36. The number of nitrogens with one attached hydrogen (secondary N) is 1. The van der Waals surface area contributed by atoms with Crippen molar-refractivity contribution in [3.63, 3.8) is 0 Å². The number of aromatic nitrogens is 2. The first-order valence-electron chi connectivity index (χ1n) is 10.4. The Hall–Kier alpha value is -1.93. The molecule has 1 saturated heterocycles. The first kappa shape index (κ1) is 19.1. The van der Waals surface area contributed by atoms with Gasteiger partial charge < -0.3 is 15.3 Å². The Bertz CT molecular complexity index is 940. The molecule has 1 unspecified atom stereocenters. The quantitative estimate of drug-likeness (QED) is 0.726. The number of rotatable bonds is 5. The van der Waals surface area contributed by atoms with Gasteiger partial charge in [0.2, 0.25) is 5.95 Å². The molecule has 1 saturated carbocycles. The second-order valence-corrected chi connectivity index (χ2v) is 9.95. The Labute approximate surface area is 175 Å². The molecule has 1 aromatic carbocycles. The van der Waals surface area contributed by atoms with Crippen LogP contribution in [0.25, 0.3) is 0 Å².